The number of hydrogen-bond donors (Lipinski definition) is 2. The normalized spacial score (nSPS) is 12.0. The van der Waals surface area contributed by atoms with Crippen LogP contribution in [0.3, 0.4) is 0 Å². The maximum atomic E-state index is 12.2. The van der Waals surface area contributed by atoms with Gasteiger partial charge in [-0.1, -0.05) is 23.4 Å². The van der Waals surface area contributed by atoms with E-state index in [4.69, 9.17) is 4.42 Å². The van der Waals surface area contributed by atoms with Crippen LogP contribution in [0.1, 0.15) is 16.2 Å². The van der Waals surface area contributed by atoms with Crippen LogP contribution in [0.5, 0.6) is 0 Å². The van der Waals surface area contributed by atoms with Crippen molar-refractivity contribution < 1.29 is 14.3 Å². The van der Waals surface area contributed by atoms with Crippen molar-refractivity contribution in [1.82, 2.24) is 20.3 Å². The summed E-state index contributed by atoms with van der Waals surface area (Å²) in [5.74, 6) is 0.331. The van der Waals surface area contributed by atoms with Crippen LogP contribution in [-0.2, 0) is 6.42 Å². The number of amides is 1. The van der Waals surface area contributed by atoms with Crippen molar-refractivity contribution in [1.29, 1.82) is 0 Å². The zero-order chi connectivity index (χ0) is 16.8. The number of benzene rings is 1. The Balaban J connectivity index is 1.58. The maximum absolute atomic E-state index is 12.2. The molecular formula is C17H18N4O3. The van der Waals surface area contributed by atoms with Gasteiger partial charge < -0.3 is 14.8 Å². The van der Waals surface area contributed by atoms with Crippen molar-refractivity contribution in [3.05, 3.63) is 66.4 Å². The second-order valence-electron chi connectivity index (χ2n) is 5.43. The minimum absolute atomic E-state index is 0.0440. The lowest BCUT2D eigenvalue weighted by Crippen LogP contribution is -2.32. The van der Waals surface area contributed by atoms with Crippen LogP contribution in [0.4, 0.5) is 0 Å². The molecular weight excluding hydrogens is 308 g/mol. The Labute approximate surface area is 138 Å². The Morgan fingerprint density at radius 3 is 2.79 bits per heavy atom. The molecule has 0 saturated carbocycles. The Bertz CT molecular complexity index is 768. The molecule has 3 aromatic rings. The monoisotopic (exact) mass is 326 g/mol. The molecule has 7 nitrogen and oxygen atoms in total. The summed E-state index contributed by atoms with van der Waals surface area (Å²) in [6.07, 6.45) is 3.72. The van der Waals surface area contributed by atoms with Crippen LogP contribution in [0.25, 0.3) is 5.69 Å². The summed E-state index contributed by atoms with van der Waals surface area (Å²) in [4.78, 5) is 12.2. The Kier molecular flexibility index (Phi) is 5.02. The van der Waals surface area contributed by atoms with E-state index in [9.17, 15) is 9.90 Å². The lowest BCUT2D eigenvalue weighted by Gasteiger charge is -2.12. The van der Waals surface area contributed by atoms with E-state index >= 15 is 0 Å². The first kappa shape index (κ1) is 15.9. The van der Waals surface area contributed by atoms with Gasteiger partial charge in [-0.05, 0) is 24.3 Å². The third-order valence-corrected chi connectivity index (χ3v) is 3.63. The van der Waals surface area contributed by atoms with Crippen molar-refractivity contribution in [2.24, 2.45) is 5.92 Å². The molecule has 3 rings (SSSR count). The van der Waals surface area contributed by atoms with Crippen LogP contribution in [0.2, 0.25) is 0 Å². The van der Waals surface area contributed by atoms with Gasteiger partial charge in [-0.25, -0.2) is 4.68 Å². The highest BCUT2D eigenvalue weighted by Gasteiger charge is 2.15. The molecule has 0 fully saturated rings. The summed E-state index contributed by atoms with van der Waals surface area (Å²) in [5, 5.41) is 20.1. The fraction of sp³-hybridized carbons (Fsp3) is 0.235. The number of rotatable bonds is 7. The number of carbonyl (C=O) groups is 1. The molecule has 0 aliphatic rings. The number of aliphatic hydroxyl groups excluding tert-OH is 1. The second-order valence-corrected chi connectivity index (χ2v) is 5.43. The lowest BCUT2D eigenvalue weighted by atomic mass is 10.1. The molecule has 1 atom stereocenters. The van der Waals surface area contributed by atoms with Crippen LogP contribution < -0.4 is 5.32 Å². The van der Waals surface area contributed by atoms with E-state index in [0.29, 0.717) is 13.0 Å². The van der Waals surface area contributed by atoms with E-state index in [0.717, 1.165) is 11.4 Å². The average Bonchev–Trinajstić information content (AvgIpc) is 3.31. The van der Waals surface area contributed by atoms with Crippen LogP contribution in [0.15, 0.2) is 59.3 Å². The van der Waals surface area contributed by atoms with Gasteiger partial charge in [-0.15, -0.1) is 5.10 Å². The molecule has 2 N–H and O–H groups in total. The van der Waals surface area contributed by atoms with Gasteiger partial charge in [0.1, 0.15) is 5.76 Å². The minimum atomic E-state index is -0.324. The number of furan rings is 1. The van der Waals surface area contributed by atoms with E-state index in [-0.39, 0.29) is 24.1 Å². The number of nitrogens with zero attached hydrogens (tertiary/aromatic N) is 3. The largest absolute Gasteiger partial charge is 0.469 e. The second kappa shape index (κ2) is 7.56. The summed E-state index contributed by atoms with van der Waals surface area (Å²) in [7, 11) is 0. The van der Waals surface area contributed by atoms with Gasteiger partial charge in [-0.3, -0.25) is 4.79 Å². The van der Waals surface area contributed by atoms with E-state index in [1.54, 1.807) is 23.2 Å². The lowest BCUT2D eigenvalue weighted by molar-refractivity contribution is 0.0934. The van der Waals surface area contributed by atoms with Crippen molar-refractivity contribution in [3.8, 4) is 5.69 Å². The highest BCUT2D eigenvalue weighted by molar-refractivity contribution is 5.91. The van der Waals surface area contributed by atoms with E-state index < -0.39 is 0 Å². The summed E-state index contributed by atoms with van der Waals surface area (Å²) < 4.78 is 6.80. The SMILES string of the molecule is O=C(NC[C@@H](CO)Cc1ccco1)c1cn(-c2ccccc2)nn1. The first-order chi connectivity index (χ1) is 11.8. The molecule has 0 aliphatic heterocycles. The molecule has 124 valence electrons. The molecule has 0 unspecified atom stereocenters. The fourth-order valence-electron chi connectivity index (χ4n) is 2.32. The Morgan fingerprint density at radius 1 is 1.25 bits per heavy atom. The highest BCUT2D eigenvalue weighted by atomic mass is 16.3. The van der Waals surface area contributed by atoms with E-state index in [1.165, 1.54) is 0 Å². The zero-order valence-electron chi connectivity index (χ0n) is 13.0. The molecule has 0 aliphatic carbocycles. The van der Waals surface area contributed by atoms with Gasteiger partial charge in [0.2, 0.25) is 0 Å². The van der Waals surface area contributed by atoms with Gasteiger partial charge >= 0.3 is 0 Å². The van der Waals surface area contributed by atoms with Crippen LogP contribution in [0, 0.1) is 5.92 Å². The summed E-state index contributed by atoms with van der Waals surface area (Å²) in [5.41, 5.74) is 1.06. The van der Waals surface area contributed by atoms with Gasteiger partial charge in [0.05, 0.1) is 18.1 Å². The topological polar surface area (TPSA) is 93.2 Å². The number of para-hydroxylation sites is 1. The third kappa shape index (κ3) is 3.88. The smallest absolute Gasteiger partial charge is 0.273 e. The van der Waals surface area contributed by atoms with Crippen molar-refractivity contribution in [3.63, 3.8) is 0 Å². The number of aromatic nitrogens is 3. The number of nitrogens with one attached hydrogen (secondary N) is 1. The molecule has 1 aromatic carbocycles. The fourth-order valence-corrected chi connectivity index (χ4v) is 2.32. The molecule has 7 heteroatoms. The van der Waals surface area contributed by atoms with Crippen molar-refractivity contribution in [2.45, 2.75) is 6.42 Å². The summed E-state index contributed by atoms with van der Waals surface area (Å²) in [6.45, 7) is 0.284. The maximum Gasteiger partial charge on any atom is 0.273 e. The summed E-state index contributed by atoms with van der Waals surface area (Å²) >= 11 is 0. The molecule has 0 saturated heterocycles. The van der Waals surface area contributed by atoms with Crippen LogP contribution >= 0.6 is 0 Å². The zero-order valence-corrected chi connectivity index (χ0v) is 13.0. The molecule has 0 spiro atoms. The predicted molar refractivity (Wildman–Crippen MR) is 86.7 cm³/mol. The summed E-state index contributed by atoms with van der Waals surface area (Å²) in [6, 6.07) is 13.1. The van der Waals surface area contributed by atoms with Gasteiger partial charge in [-0.2, -0.15) is 0 Å². The molecule has 24 heavy (non-hydrogen) atoms. The molecule has 1 amide bonds. The van der Waals surface area contributed by atoms with Crippen molar-refractivity contribution in [2.75, 3.05) is 13.2 Å². The third-order valence-electron chi connectivity index (χ3n) is 3.63. The van der Waals surface area contributed by atoms with Gasteiger partial charge in [0, 0.05) is 25.5 Å². The number of aliphatic hydroxyl groups is 1. The number of carbonyl (C=O) groups excluding carboxylic acids is 1. The van der Waals surface area contributed by atoms with Crippen molar-refractivity contribution >= 4 is 5.91 Å². The van der Waals surface area contributed by atoms with Gasteiger partial charge in [0.15, 0.2) is 5.69 Å². The minimum Gasteiger partial charge on any atom is -0.469 e. The van der Waals surface area contributed by atoms with E-state index in [1.807, 2.05) is 36.4 Å². The first-order valence-corrected chi connectivity index (χ1v) is 7.65. The number of hydrogen-bond acceptors (Lipinski definition) is 5. The van der Waals surface area contributed by atoms with E-state index in [2.05, 4.69) is 15.6 Å². The predicted octanol–water partition coefficient (Wildman–Crippen LogP) is 1.44. The van der Waals surface area contributed by atoms with Gasteiger partial charge in [0.25, 0.3) is 5.91 Å². The molecule has 2 heterocycles. The standard InChI is InChI=1S/C17H18N4O3/c22-12-13(9-15-7-4-8-24-15)10-18-17(23)16-11-21(20-19-16)14-5-2-1-3-6-14/h1-8,11,13,22H,9-10,12H2,(H,18,23)/t13-/m0/s1. The Morgan fingerprint density at radius 2 is 2.08 bits per heavy atom. The quantitative estimate of drug-likeness (QED) is 0.685. The van der Waals surface area contributed by atoms with Crippen LogP contribution in [-0.4, -0.2) is 39.2 Å². The average molecular weight is 326 g/mol. The Hall–Kier alpha value is -2.93. The molecule has 0 radical (unpaired) electrons. The molecule has 2 aromatic heterocycles. The molecule has 0 bridgehead atoms. The first-order valence-electron chi connectivity index (χ1n) is 7.65. The highest BCUT2D eigenvalue weighted by Crippen LogP contribution is 2.09.